The molecule has 0 saturated heterocycles. The second kappa shape index (κ2) is 9.96. The maximum Gasteiger partial charge on any atom is 0.0700 e. The molecule has 1 rings (SSSR count). The molecular weight excluding hydrogens is 238 g/mol. The smallest absolute Gasteiger partial charge is 0.0700 e. The van der Waals surface area contributed by atoms with Crippen molar-refractivity contribution in [2.75, 3.05) is 33.5 Å². The highest BCUT2D eigenvalue weighted by molar-refractivity contribution is 5.19. The fourth-order valence-electron chi connectivity index (χ4n) is 1.96. The predicted octanol–water partition coefficient (Wildman–Crippen LogP) is 2.82. The van der Waals surface area contributed by atoms with Crippen LogP contribution >= 0.6 is 0 Å². The van der Waals surface area contributed by atoms with Gasteiger partial charge in [0.1, 0.15) is 0 Å². The van der Waals surface area contributed by atoms with Crippen LogP contribution in [-0.4, -0.2) is 39.5 Å². The number of rotatable bonds is 10. The standard InChI is InChI=1S/C16H27NO2/c1-14(2)17-13-16(9-10-19-12-11-18-3)15-7-5-4-6-8-15/h4-8,14,16-17H,9-13H2,1-3H3. The lowest BCUT2D eigenvalue weighted by Gasteiger charge is -2.19. The third-order valence-electron chi connectivity index (χ3n) is 3.09. The summed E-state index contributed by atoms with van der Waals surface area (Å²) in [5, 5.41) is 3.52. The first-order valence-electron chi connectivity index (χ1n) is 7.09. The minimum Gasteiger partial charge on any atom is -0.382 e. The van der Waals surface area contributed by atoms with E-state index < -0.39 is 0 Å². The van der Waals surface area contributed by atoms with E-state index in [1.54, 1.807) is 7.11 Å². The van der Waals surface area contributed by atoms with Crippen molar-refractivity contribution >= 4 is 0 Å². The molecule has 0 aliphatic heterocycles. The van der Waals surface area contributed by atoms with Crippen molar-refractivity contribution in [2.45, 2.75) is 32.2 Å². The van der Waals surface area contributed by atoms with Crippen molar-refractivity contribution in [1.82, 2.24) is 5.32 Å². The molecule has 3 heteroatoms. The first kappa shape index (κ1) is 16.2. The zero-order valence-electron chi connectivity index (χ0n) is 12.4. The van der Waals surface area contributed by atoms with Gasteiger partial charge < -0.3 is 14.8 Å². The predicted molar refractivity (Wildman–Crippen MR) is 79.6 cm³/mol. The molecule has 0 radical (unpaired) electrons. The van der Waals surface area contributed by atoms with Crippen LogP contribution in [0.25, 0.3) is 0 Å². The molecule has 108 valence electrons. The van der Waals surface area contributed by atoms with E-state index in [0.717, 1.165) is 19.6 Å². The summed E-state index contributed by atoms with van der Waals surface area (Å²) in [5.74, 6) is 0.506. The van der Waals surface area contributed by atoms with Gasteiger partial charge in [-0.1, -0.05) is 44.2 Å². The molecule has 1 aromatic carbocycles. The average molecular weight is 265 g/mol. The highest BCUT2D eigenvalue weighted by atomic mass is 16.5. The normalized spacial score (nSPS) is 12.8. The van der Waals surface area contributed by atoms with E-state index in [1.807, 2.05) is 0 Å². The molecule has 0 bridgehead atoms. The van der Waals surface area contributed by atoms with Gasteiger partial charge in [0, 0.05) is 26.3 Å². The average Bonchev–Trinajstić information content (AvgIpc) is 2.42. The highest BCUT2D eigenvalue weighted by Crippen LogP contribution is 2.18. The molecule has 0 amide bonds. The van der Waals surface area contributed by atoms with Crippen molar-refractivity contribution in [1.29, 1.82) is 0 Å². The number of ether oxygens (including phenoxy) is 2. The second-order valence-electron chi connectivity index (χ2n) is 5.06. The van der Waals surface area contributed by atoms with Crippen LogP contribution < -0.4 is 5.32 Å². The zero-order valence-corrected chi connectivity index (χ0v) is 12.4. The Hall–Kier alpha value is -0.900. The van der Waals surface area contributed by atoms with Crippen molar-refractivity contribution in [3.63, 3.8) is 0 Å². The molecule has 1 aromatic rings. The van der Waals surface area contributed by atoms with Gasteiger partial charge >= 0.3 is 0 Å². The zero-order chi connectivity index (χ0) is 13.9. The lowest BCUT2D eigenvalue weighted by atomic mass is 9.96. The molecule has 1 N–H and O–H groups in total. The summed E-state index contributed by atoms with van der Waals surface area (Å²) in [6.07, 6.45) is 1.04. The van der Waals surface area contributed by atoms with Gasteiger partial charge in [0.05, 0.1) is 13.2 Å². The summed E-state index contributed by atoms with van der Waals surface area (Å²) < 4.78 is 10.6. The van der Waals surface area contributed by atoms with E-state index in [2.05, 4.69) is 49.5 Å². The summed E-state index contributed by atoms with van der Waals surface area (Å²) in [4.78, 5) is 0. The van der Waals surface area contributed by atoms with Crippen LogP contribution in [0.1, 0.15) is 31.7 Å². The Kier molecular flexibility index (Phi) is 8.47. The van der Waals surface area contributed by atoms with Crippen LogP contribution in [0.3, 0.4) is 0 Å². The van der Waals surface area contributed by atoms with E-state index in [4.69, 9.17) is 9.47 Å². The summed E-state index contributed by atoms with van der Waals surface area (Å²) in [6, 6.07) is 11.2. The lowest BCUT2D eigenvalue weighted by Crippen LogP contribution is -2.28. The van der Waals surface area contributed by atoms with Gasteiger partial charge in [0.25, 0.3) is 0 Å². The van der Waals surface area contributed by atoms with Gasteiger partial charge in [0.2, 0.25) is 0 Å². The van der Waals surface area contributed by atoms with Crippen LogP contribution in [0.15, 0.2) is 30.3 Å². The van der Waals surface area contributed by atoms with E-state index in [9.17, 15) is 0 Å². The van der Waals surface area contributed by atoms with Crippen molar-refractivity contribution < 1.29 is 9.47 Å². The van der Waals surface area contributed by atoms with E-state index in [0.29, 0.717) is 25.2 Å². The van der Waals surface area contributed by atoms with Gasteiger partial charge in [0.15, 0.2) is 0 Å². The van der Waals surface area contributed by atoms with Crippen molar-refractivity contribution in [2.24, 2.45) is 0 Å². The molecule has 0 spiro atoms. The maximum absolute atomic E-state index is 5.58. The van der Waals surface area contributed by atoms with Crippen LogP contribution in [-0.2, 0) is 9.47 Å². The Labute approximate surface area is 117 Å². The maximum atomic E-state index is 5.58. The minimum atomic E-state index is 0.506. The molecule has 0 saturated carbocycles. The molecule has 0 aliphatic rings. The second-order valence-corrected chi connectivity index (χ2v) is 5.06. The van der Waals surface area contributed by atoms with Gasteiger partial charge in [-0.05, 0) is 17.9 Å². The molecule has 1 unspecified atom stereocenters. The Morgan fingerprint density at radius 3 is 2.42 bits per heavy atom. The van der Waals surface area contributed by atoms with Gasteiger partial charge in [-0.3, -0.25) is 0 Å². The molecule has 0 aromatic heterocycles. The monoisotopic (exact) mass is 265 g/mol. The number of hydrogen-bond acceptors (Lipinski definition) is 3. The first-order chi connectivity index (χ1) is 9.24. The minimum absolute atomic E-state index is 0.506. The fourth-order valence-corrected chi connectivity index (χ4v) is 1.96. The molecule has 0 fully saturated rings. The van der Waals surface area contributed by atoms with E-state index in [-0.39, 0.29) is 0 Å². The van der Waals surface area contributed by atoms with Gasteiger partial charge in [-0.15, -0.1) is 0 Å². The van der Waals surface area contributed by atoms with Crippen LogP contribution in [0.2, 0.25) is 0 Å². The molecule has 1 atom stereocenters. The third-order valence-corrected chi connectivity index (χ3v) is 3.09. The number of methoxy groups -OCH3 is 1. The molecule has 0 aliphatic carbocycles. The Balaban J connectivity index is 2.41. The van der Waals surface area contributed by atoms with Crippen LogP contribution in [0.4, 0.5) is 0 Å². The van der Waals surface area contributed by atoms with Crippen molar-refractivity contribution in [3.8, 4) is 0 Å². The Morgan fingerprint density at radius 1 is 1.05 bits per heavy atom. The van der Waals surface area contributed by atoms with E-state index in [1.165, 1.54) is 5.56 Å². The SMILES string of the molecule is COCCOCCC(CNC(C)C)c1ccccc1. The number of hydrogen-bond donors (Lipinski definition) is 1. The molecule has 0 heterocycles. The summed E-state index contributed by atoms with van der Waals surface area (Å²) in [7, 11) is 1.70. The van der Waals surface area contributed by atoms with Gasteiger partial charge in [-0.25, -0.2) is 0 Å². The summed E-state index contributed by atoms with van der Waals surface area (Å²) >= 11 is 0. The largest absolute Gasteiger partial charge is 0.382 e. The first-order valence-corrected chi connectivity index (χ1v) is 7.09. The molecule has 3 nitrogen and oxygen atoms in total. The lowest BCUT2D eigenvalue weighted by molar-refractivity contribution is 0.0669. The number of nitrogens with one attached hydrogen (secondary N) is 1. The van der Waals surface area contributed by atoms with Crippen molar-refractivity contribution in [3.05, 3.63) is 35.9 Å². The number of benzene rings is 1. The Bertz CT molecular complexity index is 314. The van der Waals surface area contributed by atoms with Crippen LogP contribution in [0.5, 0.6) is 0 Å². The molecular formula is C16H27NO2. The van der Waals surface area contributed by atoms with Crippen LogP contribution in [0, 0.1) is 0 Å². The Morgan fingerprint density at radius 2 is 1.79 bits per heavy atom. The third kappa shape index (κ3) is 7.31. The highest BCUT2D eigenvalue weighted by Gasteiger charge is 2.11. The van der Waals surface area contributed by atoms with E-state index >= 15 is 0 Å². The summed E-state index contributed by atoms with van der Waals surface area (Å²) in [6.45, 7) is 7.47. The quantitative estimate of drug-likeness (QED) is 0.660. The summed E-state index contributed by atoms with van der Waals surface area (Å²) in [5.41, 5.74) is 1.38. The molecule has 19 heavy (non-hydrogen) atoms. The fraction of sp³-hybridized carbons (Fsp3) is 0.625. The van der Waals surface area contributed by atoms with Gasteiger partial charge in [-0.2, -0.15) is 0 Å². The topological polar surface area (TPSA) is 30.5 Å².